The van der Waals surface area contributed by atoms with Crippen molar-refractivity contribution in [3.63, 3.8) is 0 Å². The number of hydrogen-bond acceptors (Lipinski definition) is 3. The zero-order valence-corrected chi connectivity index (χ0v) is 10.8. The molecular weight excluding hydrogens is 231 g/mol. The summed E-state index contributed by atoms with van der Waals surface area (Å²) in [6.45, 7) is 1.98. The highest BCUT2D eigenvalue weighted by Gasteiger charge is 2.15. The summed E-state index contributed by atoms with van der Waals surface area (Å²) >= 11 is 0. The molecule has 2 rings (SSSR count). The Labute approximate surface area is 106 Å². The van der Waals surface area contributed by atoms with E-state index in [0.29, 0.717) is 6.42 Å². The Hall–Kier alpha value is -1.75. The number of nitrogens with one attached hydrogen (secondary N) is 1. The van der Waals surface area contributed by atoms with E-state index < -0.39 is 0 Å². The van der Waals surface area contributed by atoms with Gasteiger partial charge >= 0.3 is 0 Å². The highest BCUT2D eigenvalue weighted by atomic mass is 19.1. The van der Waals surface area contributed by atoms with Crippen molar-refractivity contribution < 1.29 is 4.39 Å². The normalized spacial score (nSPS) is 12.7. The summed E-state index contributed by atoms with van der Waals surface area (Å²) in [6, 6.07) is 4.88. The van der Waals surface area contributed by atoms with Gasteiger partial charge in [-0.05, 0) is 37.2 Å². The Balaban J connectivity index is 2.28. The monoisotopic (exact) mass is 248 g/mol. The molecule has 0 saturated heterocycles. The molecule has 5 heteroatoms. The van der Waals surface area contributed by atoms with Crippen LogP contribution < -0.4 is 5.32 Å². The van der Waals surface area contributed by atoms with Crippen molar-refractivity contribution in [3.8, 4) is 0 Å². The summed E-state index contributed by atoms with van der Waals surface area (Å²) in [4.78, 5) is 4.20. The first-order valence-electron chi connectivity index (χ1n) is 5.88. The molecule has 1 aromatic carbocycles. The van der Waals surface area contributed by atoms with Crippen molar-refractivity contribution in [2.75, 3.05) is 7.05 Å². The van der Waals surface area contributed by atoms with Crippen LogP contribution in [0.4, 0.5) is 4.39 Å². The summed E-state index contributed by atoms with van der Waals surface area (Å²) in [5.41, 5.74) is 2.03. The number of aromatic nitrogens is 3. The minimum atomic E-state index is -0.214. The molecule has 1 unspecified atom stereocenters. The van der Waals surface area contributed by atoms with Gasteiger partial charge in [-0.25, -0.2) is 9.37 Å². The molecule has 0 amide bonds. The molecule has 0 aliphatic heterocycles. The summed E-state index contributed by atoms with van der Waals surface area (Å²) < 4.78 is 15.1. The van der Waals surface area contributed by atoms with E-state index in [1.165, 1.54) is 12.4 Å². The van der Waals surface area contributed by atoms with E-state index in [1.54, 1.807) is 16.8 Å². The van der Waals surface area contributed by atoms with Crippen LogP contribution >= 0.6 is 0 Å². The van der Waals surface area contributed by atoms with Crippen LogP contribution in [0.5, 0.6) is 0 Å². The molecule has 96 valence electrons. The molecule has 0 aliphatic rings. The van der Waals surface area contributed by atoms with E-state index in [-0.39, 0.29) is 11.9 Å². The average molecular weight is 248 g/mol. The zero-order chi connectivity index (χ0) is 13.1. The third kappa shape index (κ3) is 2.56. The van der Waals surface area contributed by atoms with Crippen molar-refractivity contribution in [1.29, 1.82) is 0 Å². The van der Waals surface area contributed by atoms with E-state index in [2.05, 4.69) is 15.4 Å². The van der Waals surface area contributed by atoms with Crippen LogP contribution in [0.2, 0.25) is 0 Å². The lowest BCUT2D eigenvalue weighted by Crippen LogP contribution is -2.21. The first-order valence-corrected chi connectivity index (χ1v) is 5.88. The van der Waals surface area contributed by atoms with Crippen molar-refractivity contribution in [3.05, 3.63) is 47.3 Å². The van der Waals surface area contributed by atoms with Gasteiger partial charge in [-0.2, -0.15) is 5.10 Å². The molecule has 0 saturated carbocycles. The lowest BCUT2D eigenvalue weighted by atomic mass is 9.98. The van der Waals surface area contributed by atoms with Gasteiger partial charge in [0.05, 0.1) is 0 Å². The van der Waals surface area contributed by atoms with Crippen molar-refractivity contribution in [2.24, 2.45) is 7.05 Å². The molecular formula is C13H17FN4. The first kappa shape index (κ1) is 12.7. The van der Waals surface area contributed by atoms with Gasteiger partial charge in [0.2, 0.25) is 0 Å². The highest BCUT2D eigenvalue weighted by molar-refractivity contribution is 5.30. The molecule has 1 aromatic heterocycles. The predicted molar refractivity (Wildman–Crippen MR) is 67.6 cm³/mol. The number of hydrogen-bond donors (Lipinski definition) is 1. The smallest absolute Gasteiger partial charge is 0.138 e. The Morgan fingerprint density at radius 3 is 2.83 bits per heavy atom. The summed E-state index contributed by atoms with van der Waals surface area (Å²) in [7, 11) is 3.72. The Morgan fingerprint density at radius 2 is 2.22 bits per heavy atom. The number of likely N-dealkylation sites (N-methyl/N-ethyl adjacent to an activating group) is 1. The fraction of sp³-hybridized carbons (Fsp3) is 0.385. The van der Waals surface area contributed by atoms with E-state index in [0.717, 1.165) is 17.0 Å². The Kier molecular flexibility index (Phi) is 3.72. The lowest BCUT2D eigenvalue weighted by Gasteiger charge is -2.18. The number of nitrogens with zero attached hydrogens (tertiary/aromatic N) is 3. The molecule has 0 radical (unpaired) electrons. The van der Waals surface area contributed by atoms with Gasteiger partial charge in [0, 0.05) is 19.5 Å². The van der Waals surface area contributed by atoms with Crippen LogP contribution in [0.3, 0.4) is 0 Å². The van der Waals surface area contributed by atoms with Crippen LogP contribution in [0.15, 0.2) is 24.5 Å². The van der Waals surface area contributed by atoms with Crippen LogP contribution in [0.1, 0.15) is 23.0 Å². The second-order valence-electron chi connectivity index (χ2n) is 4.35. The molecule has 0 aliphatic carbocycles. The van der Waals surface area contributed by atoms with Gasteiger partial charge in [0.1, 0.15) is 18.0 Å². The van der Waals surface area contributed by atoms with E-state index in [4.69, 9.17) is 0 Å². The second-order valence-corrected chi connectivity index (χ2v) is 4.35. The molecule has 18 heavy (non-hydrogen) atoms. The molecule has 0 spiro atoms. The van der Waals surface area contributed by atoms with E-state index in [1.807, 2.05) is 21.0 Å². The Morgan fingerprint density at radius 1 is 1.44 bits per heavy atom. The molecule has 1 N–H and O–H groups in total. The van der Waals surface area contributed by atoms with Gasteiger partial charge in [-0.3, -0.25) is 4.68 Å². The molecule has 1 atom stereocenters. The maximum absolute atomic E-state index is 13.3. The molecule has 2 aromatic rings. The molecule has 4 nitrogen and oxygen atoms in total. The third-order valence-electron chi connectivity index (χ3n) is 3.16. The van der Waals surface area contributed by atoms with E-state index in [9.17, 15) is 4.39 Å². The van der Waals surface area contributed by atoms with E-state index >= 15 is 0 Å². The second kappa shape index (κ2) is 5.27. The standard InChI is InChI=1S/C13H17FN4/c1-9-4-5-10(14)6-11(9)12(15-2)7-13-16-8-17-18(13)3/h4-6,8,12,15H,7H2,1-3H3. The minimum absolute atomic E-state index is 0.0311. The fourth-order valence-corrected chi connectivity index (χ4v) is 2.04. The van der Waals surface area contributed by atoms with Crippen LogP contribution in [0.25, 0.3) is 0 Å². The van der Waals surface area contributed by atoms with Crippen LogP contribution in [-0.4, -0.2) is 21.8 Å². The van der Waals surface area contributed by atoms with Gasteiger partial charge in [0.25, 0.3) is 0 Å². The van der Waals surface area contributed by atoms with Crippen molar-refractivity contribution >= 4 is 0 Å². The van der Waals surface area contributed by atoms with Gasteiger partial charge in [-0.1, -0.05) is 6.07 Å². The quantitative estimate of drug-likeness (QED) is 0.896. The Bertz CT molecular complexity index is 536. The summed E-state index contributed by atoms with van der Waals surface area (Å²) in [5, 5.41) is 7.25. The number of aryl methyl sites for hydroxylation is 2. The maximum atomic E-state index is 13.3. The molecule has 0 bridgehead atoms. The topological polar surface area (TPSA) is 42.7 Å². The molecule has 1 heterocycles. The third-order valence-corrected chi connectivity index (χ3v) is 3.16. The average Bonchev–Trinajstić information content (AvgIpc) is 2.75. The SMILES string of the molecule is CNC(Cc1ncnn1C)c1cc(F)ccc1C. The van der Waals surface area contributed by atoms with Crippen LogP contribution in [-0.2, 0) is 13.5 Å². The molecule has 0 fully saturated rings. The van der Waals surface area contributed by atoms with Crippen molar-refractivity contribution in [2.45, 2.75) is 19.4 Å². The van der Waals surface area contributed by atoms with Crippen molar-refractivity contribution in [1.82, 2.24) is 20.1 Å². The number of halogens is 1. The highest BCUT2D eigenvalue weighted by Crippen LogP contribution is 2.21. The zero-order valence-electron chi connectivity index (χ0n) is 10.8. The first-order chi connectivity index (χ1) is 8.61. The number of rotatable bonds is 4. The summed E-state index contributed by atoms with van der Waals surface area (Å²) in [5.74, 6) is 0.659. The fourth-order valence-electron chi connectivity index (χ4n) is 2.04. The van der Waals surface area contributed by atoms with Crippen LogP contribution in [0, 0.1) is 12.7 Å². The maximum Gasteiger partial charge on any atom is 0.138 e. The predicted octanol–water partition coefficient (Wildman–Crippen LogP) is 1.77. The minimum Gasteiger partial charge on any atom is -0.313 e. The van der Waals surface area contributed by atoms with Gasteiger partial charge in [0.15, 0.2) is 0 Å². The van der Waals surface area contributed by atoms with Gasteiger partial charge < -0.3 is 5.32 Å². The van der Waals surface area contributed by atoms with Gasteiger partial charge in [-0.15, -0.1) is 0 Å². The summed E-state index contributed by atoms with van der Waals surface area (Å²) in [6.07, 6.45) is 2.21. The largest absolute Gasteiger partial charge is 0.313 e. The lowest BCUT2D eigenvalue weighted by molar-refractivity contribution is 0.544. The number of benzene rings is 1.